The van der Waals surface area contributed by atoms with Gasteiger partial charge in [0.05, 0.1) is 11.4 Å². The maximum Gasteiger partial charge on any atom is 0.236 e. The molecule has 3 heterocycles. The van der Waals surface area contributed by atoms with Crippen LogP contribution in [0.4, 0.5) is 17.2 Å². The van der Waals surface area contributed by atoms with Gasteiger partial charge in [0, 0.05) is 18.7 Å². The number of anilines is 3. The van der Waals surface area contributed by atoms with Crippen LogP contribution in [0.1, 0.15) is 13.3 Å². The molecule has 0 aliphatic carbocycles. The Morgan fingerprint density at radius 2 is 2.35 bits per heavy atom. The smallest absolute Gasteiger partial charge is 0.236 e. The number of pyridine rings is 1. The Labute approximate surface area is 118 Å². The van der Waals surface area contributed by atoms with Crippen LogP contribution in [0.15, 0.2) is 12.3 Å². The molecule has 2 aliphatic rings. The van der Waals surface area contributed by atoms with Crippen molar-refractivity contribution in [3.05, 3.63) is 12.3 Å². The predicted octanol–water partition coefficient (Wildman–Crippen LogP) is 0.181. The fourth-order valence-corrected chi connectivity index (χ4v) is 4.17. The van der Waals surface area contributed by atoms with Gasteiger partial charge in [0.25, 0.3) is 0 Å². The maximum atomic E-state index is 12.5. The first-order valence-electron chi connectivity index (χ1n) is 6.78. The van der Waals surface area contributed by atoms with Crippen LogP contribution in [0, 0.1) is 5.92 Å². The highest BCUT2D eigenvalue weighted by molar-refractivity contribution is 7.92. The number of sulfonamides is 1. The number of hydrogen-bond acceptors (Lipinski definition) is 6. The molecule has 1 aromatic heterocycles. The lowest BCUT2D eigenvalue weighted by molar-refractivity contribution is 0.494. The largest absolute Gasteiger partial charge is 0.397 e. The van der Waals surface area contributed by atoms with Crippen molar-refractivity contribution in [2.24, 2.45) is 5.92 Å². The summed E-state index contributed by atoms with van der Waals surface area (Å²) in [5.74, 6) is 0.808. The van der Waals surface area contributed by atoms with Gasteiger partial charge in [-0.2, -0.15) is 0 Å². The SMILES string of the molecule is CCS(=O)(=O)N1c2c(N)ccnc2NC1C1CCNC1. The summed E-state index contributed by atoms with van der Waals surface area (Å²) in [7, 11) is -3.40. The first-order chi connectivity index (χ1) is 9.54. The number of nitrogens with one attached hydrogen (secondary N) is 2. The lowest BCUT2D eigenvalue weighted by atomic mass is 10.1. The van der Waals surface area contributed by atoms with Gasteiger partial charge in [-0.05, 0) is 26.0 Å². The summed E-state index contributed by atoms with van der Waals surface area (Å²) < 4.78 is 26.4. The number of fused-ring (bicyclic) bond motifs is 1. The Kier molecular flexibility index (Phi) is 3.21. The average molecular weight is 297 g/mol. The summed E-state index contributed by atoms with van der Waals surface area (Å²) in [6, 6.07) is 1.63. The Morgan fingerprint density at radius 1 is 1.55 bits per heavy atom. The van der Waals surface area contributed by atoms with Crippen LogP contribution in [0.25, 0.3) is 0 Å². The second-order valence-corrected chi connectivity index (χ2v) is 7.27. The van der Waals surface area contributed by atoms with E-state index < -0.39 is 10.0 Å². The van der Waals surface area contributed by atoms with Gasteiger partial charge in [-0.3, -0.25) is 0 Å². The number of nitrogens with zero attached hydrogens (tertiary/aromatic N) is 2. The zero-order valence-electron chi connectivity index (χ0n) is 11.3. The number of nitrogens with two attached hydrogens (primary N) is 1. The molecule has 4 N–H and O–H groups in total. The van der Waals surface area contributed by atoms with Crippen LogP contribution in [0.3, 0.4) is 0 Å². The number of rotatable bonds is 3. The summed E-state index contributed by atoms with van der Waals surface area (Å²) in [5, 5.41) is 6.49. The lowest BCUT2D eigenvalue weighted by Gasteiger charge is -2.29. The minimum atomic E-state index is -3.40. The van der Waals surface area contributed by atoms with Crippen LogP contribution in [-0.2, 0) is 10.0 Å². The van der Waals surface area contributed by atoms with Gasteiger partial charge in [-0.25, -0.2) is 17.7 Å². The highest BCUT2D eigenvalue weighted by Crippen LogP contribution is 2.42. The summed E-state index contributed by atoms with van der Waals surface area (Å²) >= 11 is 0. The van der Waals surface area contributed by atoms with Gasteiger partial charge in [-0.1, -0.05) is 0 Å². The molecule has 3 rings (SSSR count). The lowest BCUT2D eigenvalue weighted by Crippen LogP contribution is -2.46. The molecule has 1 aromatic rings. The Morgan fingerprint density at radius 3 is 3.00 bits per heavy atom. The zero-order chi connectivity index (χ0) is 14.3. The van der Waals surface area contributed by atoms with E-state index >= 15 is 0 Å². The average Bonchev–Trinajstić information content (AvgIpc) is 3.06. The molecule has 8 heteroatoms. The molecule has 0 saturated carbocycles. The van der Waals surface area contributed by atoms with Crippen molar-refractivity contribution in [3.8, 4) is 0 Å². The number of hydrogen-bond donors (Lipinski definition) is 3. The van der Waals surface area contributed by atoms with Crippen molar-refractivity contribution in [1.29, 1.82) is 0 Å². The van der Waals surface area contributed by atoms with Crippen molar-refractivity contribution in [2.75, 3.05) is 34.2 Å². The third-order valence-corrected chi connectivity index (χ3v) is 5.66. The van der Waals surface area contributed by atoms with Crippen LogP contribution in [0.5, 0.6) is 0 Å². The first-order valence-corrected chi connectivity index (χ1v) is 8.39. The molecule has 1 fully saturated rings. The van der Waals surface area contributed by atoms with Crippen molar-refractivity contribution in [3.63, 3.8) is 0 Å². The van der Waals surface area contributed by atoms with Gasteiger partial charge < -0.3 is 16.4 Å². The minimum Gasteiger partial charge on any atom is -0.397 e. The Hall–Kier alpha value is -1.54. The van der Waals surface area contributed by atoms with Crippen molar-refractivity contribution >= 4 is 27.2 Å². The Balaban J connectivity index is 2.08. The van der Waals surface area contributed by atoms with E-state index in [9.17, 15) is 8.42 Å². The van der Waals surface area contributed by atoms with E-state index in [0.29, 0.717) is 17.2 Å². The topological polar surface area (TPSA) is 100 Å². The molecule has 0 radical (unpaired) electrons. The summed E-state index contributed by atoms with van der Waals surface area (Å²) in [6.45, 7) is 3.34. The van der Waals surface area contributed by atoms with Crippen LogP contribution < -0.4 is 20.7 Å². The molecule has 2 atom stereocenters. The molecule has 0 amide bonds. The fraction of sp³-hybridized carbons (Fsp3) is 0.583. The summed E-state index contributed by atoms with van der Waals surface area (Å²) in [5.41, 5.74) is 6.90. The predicted molar refractivity (Wildman–Crippen MR) is 79.0 cm³/mol. The van der Waals surface area contributed by atoms with Gasteiger partial charge in [0.1, 0.15) is 11.9 Å². The van der Waals surface area contributed by atoms with Crippen LogP contribution in [-0.4, -0.2) is 38.4 Å². The minimum absolute atomic E-state index is 0.0408. The molecule has 2 aliphatic heterocycles. The number of aromatic nitrogens is 1. The molecule has 1 saturated heterocycles. The molecule has 0 spiro atoms. The van der Waals surface area contributed by atoms with E-state index in [4.69, 9.17) is 5.73 Å². The highest BCUT2D eigenvalue weighted by atomic mass is 32.2. The monoisotopic (exact) mass is 297 g/mol. The van der Waals surface area contributed by atoms with E-state index in [2.05, 4.69) is 15.6 Å². The van der Waals surface area contributed by atoms with E-state index in [1.54, 1.807) is 19.2 Å². The van der Waals surface area contributed by atoms with E-state index in [0.717, 1.165) is 19.5 Å². The van der Waals surface area contributed by atoms with Gasteiger partial charge in [0.2, 0.25) is 10.0 Å². The van der Waals surface area contributed by atoms with Gasteiger partial charge in [0.15, 0.2) is 5.82 Å². The van der Waals surface area contributed by atoms with Crippen molar-refractivity contribution in [1.82, 2.24) is 10.3 Å². The fourth-order valence-electron chi connectivity index (χ4n) is 2.85. The molecule has 7 nitrogen and oxygen atoms in total. The molecule has 0 aromatic carbocycles. The molecular formula is C12H19N5O2S. The third-order valence-electron chi connectivity index (χ3n) is 3.92. The summed E-state index contributed by atoms with van der Waals surface area (Å²) in [4.78, 5) is 4.22. The van der Waals surface area contributed by atoms with E-state index in [-0.39, 0.29) is 17.8 Å². The molecule has 20 heavy (non-hydrogen) atoms. The molecule has 0 bridgehead atoms. The van der Waals surface area contributed by atoms with Crippen molar-refractivity contribution < 1.29 is 8.42 Å². The maximum absolute atomic E-state index is 12.5. The zero-order valence-corrected chi connectivity index (χ0v) is 12.2. The second-order valence-electron chi connectivity index (χ2n) is 5.14. The Bertz CT molecular complexity index is 612. The molecular weight excluding hydrogens is 278 g/mol. The van der Waals surface area contributed by atoms with Crippen LogP contribution >= 0.6 is 0 Å². The van der Waals surface area contributed by atoms with E-state index in [1.807, 2.05) is 0 Å². The molecule has 2 unspecified atom stereocenters. The quantitative estimate of drug-likeness (QED) is 0.736. The van der Waals surface area contributed by atoms with Gasteiger partial charge >= 0.3 is 0 Å². The van der Waals surface area contributed by atoms with E-state index in [1.165, 1.54) is 4.31 Å². The van der Waals surface area contributed by atoms with Crippen LogP contribution in [0.2, 0.25) is 0 Å². The third kappa shape index (κ3) is 1.99. The first kappa shape index (κ1) is 13.4. The number of nitrogen functional groups attached to an aromatic ring is 1. The standard InChI is InChI=1S/C12H19N5O2S/c1-2-20(18,19)17-10-9(13)4-6-15-11(10)16-12(17)8-3-5-14-7-8/h4,6,8,12,14H,2-3,5,7H2,1H3,(H3,13,15,16). The van der Waals surface area contributed by atoms with Crippen molar-refractivity contribution in [2.45, 2.75) is 19.5 Å². The molecule has 110 valence electrons. The second kappa shape index (κ2) is 4.78. The summed E-state index contributed by atoms with van der Waals surface area (Å²) in [6.07, 6.45) is 2.22. The van der Waals surface area contributed by atoms with Gasteiger partial charge in [-0.15, -0.1) is 0 Å². The highest BCUT2D eigenvalue weighted by Gasteiger charge is 2.43. The normalized spacial score (nSPS) is 25.6.